The molecule has 0 spiro atoms. The fraction of sp³-hybridized carbons (Fsp3) is 0.154. The number of ketones is 2. The number of aryl methyl sites for hydroxylation is 1. The molecule has 86 valence electrons. The third-order valence-electron chi connectivity index (χ3n) is 2.35. The molecule has 0 radical (unpaired) electrons. The molecule has 0 bridgehead atoms. The molecule has 0 amide bonds. The maximum absolute atomic E-state index is 12.1. The van der Waals surface area contributed by atoms with Gasteiger partial charge in [0.25, 0.3) is 0 Å². The third-order valence-corrected chi connectivity index (χ3v) is 3.60. The minimum Gasteiger partial charge on any atom is -0.294 e. The van der Waals surface area contributed by atoms with Gasteiger partial charge in [-0.25, -0.2) is 4.98 Å². The summed E-state index contributed by atoms with van der Waals surface area (Å²) in [6.45, 7) is 3.23. The van der Waals surface area contributed by atoms with Gasteiger partial charge in [0, 0.05) is 12.5 Å². The number of hydrogen-bond acceptors (Lipinski definition) is 4. The summed E-state index contributed by atoms with van der Waals surface area (Å²) in [4.78, 5) is 28.1. The van der Waals surface area contributed by atoms with Crippen LogP contribution >= 0.6 is 11.3 Å². The summed E-state index contributed by atoms with van der Waals surface area (Å²) >= 11 is 1.16. The first-order valence-corrected chi connectivity index (χ1v) is 5.99. The highest BCUT2D eigenvalue weighted by Gasteiger charge is 2.17. The Morgan fingerprint density at radius 3 is 2.35 bits per heavy atom. The molecule has 0 saturated carbocycles. The van der Waals surface area contributed by atoms with Crippen molar-refractivity contribution in [3.63, 3.8) is 0 Å². The number of aromatic nitrogens is 1. The minimum absolute atomic E-state index is 0.0490. The summed E-state index contributed by atoms with van der Waals surface area (Å²) in [5.74, 6) is -0.182. The normalized spacial score (nSPS) is 10.2. The summed E-state index contributed by atoms with van der Waals surface area (Å²) in [7, 11) is 0. The van der Waals surface area contributed by atoms with E-state index in [4.69, 9.17) is 0 Å². The smallest absolute Gasteiger partial charge is 0.221 e. The van der Waals surface area contributed by atoms with Gasteiger partial charge in [0.1, 0.15) is 0 Å². The van der Waals surface area contributed by atoms with E-state index in [1.54, 1.807) is 31.2 Å². The molecule has 1 heterocycles. The first-order chi connectivity index (χ1) is 8.09. The Labute approximate surface area is 103 Å². The first-order valence-electron chi connectivity index (χ1n) is 5.17. The first kappa shape index (κ1) is 11.7. The fourth-order valence-corrected chi connectivity index (χ4v) is 2.46. The van der Waals surface area contributed by atoms with Crippen molar-refractivity contribution in [3.8, 4) is 0 Å². The number of hydrogen-bond donors (Lipinski definition) is 0. The van der Waals surface area contributed by atoms with Gasteiger partial charge in [-0.2, -0.15) is 0 Å². The standard InChI is InChI=1S/C13H11NO2S/c1-8-12(9(2)15)17-13(14-8)11(16)10-6-4-3-5-7-10/h3-7H,1-2H3. The zero-order chi connectivity index (χ0) is 12.4. The number of rotatable bonds is 3. The molecule has 4 heteroatoms. The maximum atomic E-state index is 12.1. The molecule has 2 aromatic rings. The molecular formula is C13H11NO2S. The van der Waals surface area contributed by atoms with Crippen LogP contribution in [-0.2, 0) is 0 Å². The van der Waals surface area contributed by atoms with Crippen LogP contribution in [-0.4, -0.2) is 16.6 Å². The Kier molecular flexibility index (Phi) is 3.15. The van der Waals surface area contributed by atoms with Crippen LogP contribution in [0.25, 0.3) is 0 Å². The second-order valence-corrected chi connectivity index (χ2v) is 4.68. The lowest BCUT2D eigenvalue weighted by atomic mass is 10.1. The maximum Gasteiger partial charge on any atom is 0.221 e. The summed E-state index contributed by atoms with van der Waals surface area (Å²) in [5.41, 5.74) is 1.22. The van der Waals surface area contributed by atoms with E-state index in [-0.39, 0.29) is 11.6 Å². The van der Waals surface area contributed by atoms with Crippen molar-refractivity contribution in [2.45, 2.75) is 13.8 Å². The van der Waals surface area contributed by atoms with Crippen LogP contribution in [0.1, 0.15) is 37.7 Å². The van der Waals surface area contributed by atoms with Gasteiger partial charge in [-0.3, -0.25) is 9.59 Å². The van der Waals surface area contributed by atoms with E-state index in [0.29, 0.717) is 21.1 Å². The Hall–Kier alpha value is -1.81. The topological polar surface area (TPSA) is 47.0 Å². The molecule has 1 aromatic carbocycles. The number of benzene rings is 1. The molecule has 1 aromatic heterocycles. The van der Waals surface area contributed by atoms with E-state index >= 15 is 0 Å². The van der Waals surface area contributed by atoms with Crippen molar-refractivity contribution in [2.24, 2.45) is 0 Å². The molecule has 0 saturated heterocycles. The van der Waals surface area contributed by atoms with Crippen LogP contribution in [0.5, 0.6) is 0 Å². The van der Waals surface area contributed by atoms with Crippen molar-refractivity contribution >= 4 is 22.9 Å². The van der Waals surface area contributed by atoms with Crippen molar-refractivity contribution in [1.29, 1.82) is 0 Å². The Bertz CT molecular complexity index is 572. The quantitative estimate of drug-likeness (QED) is 0.781. The summed E-state index contributed by atoms with van der Waals surface area (Å²) in [6, 6.07) is 8.95. The largest absolute Gasteiger partial charge is 0.294 e. The van der Waals surface area contributed by atoms with Gasteiger partial charge in [-0.15, -0.1) is 11.3 Å². The molecule has 3 nitrogen and oxygen atoms in total. The van der Waals surface area contributed by atoms with Crippen LogP contribution in [0.3, 0.4) is 0 Å². The Morgan fingerprint density at radius 2 is 1.82 bits per heavy atom. The van der Waals surface area contributed by atoms with Gasteiger partial charge < -0.3 is 0 Å². The van der Waals surface area contributed by atoms with E-state index in [9.17, 15) is 9.59 Å². The lowest BCUT2D eigenvalue weighted by Crippen LogP contribution is -1.99. The summed E-state index contributed by atoms with van der Waals surface area (Å²) in [5, 5.41) is 0.374. The molecule has 0 atom stereocenters. The van der Waals surface area contributed by atoms with Gasteiger partial charge in [-0.05, 0) is 6.92 Å². The van der Waals surface area contributed by atoms with Crippen LogP contribution in [0.4, 0.5) is 0 Å². The van der Waals surface area contributed by atoms with Gasteiger partial charge in [-0.1, -0.05) is 30.3 Å². The number of carbonyl (C=O) groups excluding carboxylic acids is 2. The SMILES string of the molecule is CC(=O)c1sc(C(=O)c2ccccc2)nc1C. The van der Waals surface area contributed by atoms with Crippen molar-refractivity contribution in [3.05, 3.63) is 51.5 Å². The van der Waals surface area contributed by atoms with Crippen LogP contribution in [0.2, 0.25) is 0 Å². The summed E-state index contributed by atoms with van der Waals surface area (Å²) in [6.07, 6.45) is 0. The van der Waals surface area contributed by atoms with E-state index in [1.165, 1.54) is 6.92 Å². The predicted molar refractivity (Wildman–Crippen MR) is 66.7 cm³/mol. The third kappa shape index (κ3) is 2.31. The molecule has 2 rings (SSSR count). The lowest BCUT2D eigenvalue weighted by molar-refractivity contribution is 0.101. The zero-order valence-electron chi connectivity index (χ0n) is 9.56. The van der Waals surface area contributed by atoms with Crippen molar-refractivity contribution < 1.29 is 9.59 Å². The molecule has 0 unspecified atom stereocenters. The van der Waals surface area contributed by atoms with Gasteiger partial charge >= 0.3 is 0 Å². The highest BCUT2D eigenvalue weighted by Crippen LogP contribution is 2.21. The van der Waals surface area contributed by atoms with Gasteiger partial charge in [0.15, 0.2) is 10.8 Å². The lowest BCUT2D eigenvalue weighted by Gasteiger charge is -1.94. The highest BCUT2D eigenvalue weighted by molar-refractivity contribution is 7.15. The second kappa shape index (κ2) is 4.59. The van der Waals surface area contributed by atoms with Crippen molar-refractivity contribution in [1.82, 2.24) is 4.98 Å². The average Bonchev–Trinajstić information content (AvgIpc) is 2.71. The van der Waals surface area contributed by atoms with E-state index in [0.717, 1.165) is 11.3 Å². The molecule has 0 aliphatic carbocycles. The highest BCUT2D eigenvalue weighted by atomic mass is 32.1. The minimum atomic E-state index is -0.133. The van der Waals surface area contributed by atoms with E-state index < -0.39 is 0 Å². The Balaban J connectivity index is 2.39. The number of thiazole rings is 1. The molecule has 0 fully saturated rings. The van der Waals surface area contributed by atoms with Gasteiger partial charge in [0.2, 0.25) is 5.78 Å². The van der Waals surface area contributed by atoms with E-state index in [2.05, 4.69) is 4.98 Å². The molecule has 0 aliphatic rings. The van der Waals surface area contributed by atoms with Crippen LogP contribution in [0.15, 0.2) is 30.3 Å². The van der Waals surface area contributed by atoms with E-state index in [1.807, 2.05) is 6.07 Å². The monoisotopic (exact) mass is 245 g/mol. The zero-order valence-corrected chi connectivity index (χ0v) is 10.4. The average molecular weight is 245 g/mol. The number of Topliss-reactive ketones (excluding diaryl/α,β-unsaturated/α-hetero) is 1. The molecule has 0 N–H and O–H groups in total. The fourth-order valence-electron chi connectivity index (χ4n) is 1.53. The number of carbonyl (C=O) groups is 2. The number of nitrogens with zero attached hydrogens (tertiary/aromatic N) is 1. The summed E-state index contributed by atoms with van der Waals surface area (Å²) < 4.78 is 0. The Morgan fingerprint density at radius 1 is 1.18 bits per heavy atom. The van der Waals surface area contributed by atoms with Crippen LogP contribution < -0.4 is 0 Å². The molecule has 17 heavy (non-hydrogen) atoms. The molecular weight excluding hydrogens is 234 g/mol. The predicted octanol–water partition coefficient (Wildman–Crippen LogP) is 2.89. The van der Waals surface area contributed by atoms with Crippen molar-refractivity contribution in [2.75, 3.05) is 0 Å². The van der Waals surface area contributed by atoms with Gasteiger partial charge in [0.05, 0.1) is 10.6 Å². The van der Waals surface area contributed by atoms with Crippen LogP contribution in [0, 0.1) is 6.92 Å². The molecule has 0 aliphatic heterocycles. The second-order valence-electron chi connectivity index (χ2n) is 3.68.